The van der Waals surface area contributed by atoms with Crippen molar-refractivity contribution in [1.82, 2.24) is 0 Å². The minimum absolute atomic E-state index is 1.41. The molecule has 0 spiro atoms. The summed E-state index contributed by atoms with van der Waals surface area (Å²) in [5.41, 5.74) is 0. The van der Waals surface area contributed by atoms with Crippen LogP contribution in [-0.4, -0.2) is 31.5 Å². The molecule has 0 N–H and O–H groups in total. The fraction of sp³-hybridized carbons (Fsp3) is 0. The van der Waals surface area contributed by atoms with Gasteiger partial charge < -0.3 is 0 Å². The molecule has 0 saturated heterocycles. The van der Waals surface area contributed by atoms with Crippen LogP contribution in [-0.2, 0) is 2.71 Å². The number of hydrogen-bond acceptors (Lipinski definition) is 0. The van der Waals surface area contributed by atoms with Gasteiger partial charge in [-0.3, -0.25) is 0 Å². The Hall–Kier alpha value is 2.87. The monoisotopic (exact) mass is 217 g/mol. The predicted molar refractivity (Wildman–Crippen MR) is 34.9 cm³/mol. The predicted octanol–water partition coefficient (Wildman–Crippen LogP) is 1.99. The van der Waals surface area contributed by atoms with E-state index in [0.29, 0.717) is 0 Å². The van der Waals surface area contributed by atoms with Gasteiger partial charge in [-0.05, 0) is 0 Å². The van der Waals surface area contributed by atoms with Crippen molar-refractivity contribution in [3.63, 3.8) is 0 Å². The first-order valence-corrected chi connectivity index (χ1v) is 8.12. The molecule has 0 bridgehead atoms. The Balaban J connectivity index is 4.43. The summed E-state index contributed by atoms with van der Waals surface area (Å²) >= 11 is 2.81. The Kier molecular flexibility index (Phi) is 2.43. The van der Waals surface area contributed by atoms with Gasteiger partial charge in [0.05, 0.1) is 0 Å². The van der Waals surface area contributed by atoms with E-state index >= 15 is 0 Å². The molecule has 0 saturated carbocycles. The Morgan fingerprint density at radius 1 is 0.857 bits per heavy atom. The molecule has 0 unspecified atom stereocenters. The third kappa shape index (κ3) is 50.8. The van der Waals surface area contributed by atoms with Crippen LogP contribution in [0.4, 0.5) is 0 Å². The third-order valence-corrected chi connectivity index (χ3v) is 0. The van der Waals surface area contributed by atoms with E-state index in [1.54, 1.807) is 0 Å². The topological polar surface area (TPSA) is 0 Å². The maximum atomic E-state index is 5.45. The molecule has 7 heteroatoms. The fourth-order valence-electron chi connectivity index (χ4n) is 0. The van der Waals surface area contributed by atoms with Crippen molar-refractivity contribution in [2.45, 2.75) is 0 Å². The molecule has 0 heterocycles. The Morgan fingerprint density at radius 3 is 0.857 bits per heavy atom. The first-order valence-electron chi connectivity index (χ1n) is 1.06. The maximum absolute atomic E-state index is 5.45. The molecule has 0 atom stereocenters. The summed E-state index contributed by atoms with van der Waals surface area (Å²) in [6.07, 6.45) is 0. The Morgan fingerprint density at radius 2 is 0.857 bits per heavy atom. The normalized spacial score (nSPS) is 23.4. The zero-order valence-corrected chi connectivity index (χ0v) is 7.78. The number of rotatable bonds is 0. The molecule has 0 aliphatic heterocycles. The zero-order valence-electron chi connectivity index (χ0n) is 3.81. The SMILES string of the molecule is [Li][Cu]([Li])([Cl])([Cl])([Cl])[Cl]. The first-order chi connectivity index (χ1) is 2.45. The van der Waals surface area contributed by atoms with Gasteiger partial charge in [0.15, 0.2) is 0 Å². The summed E-state index contributed by atoms with van der Waals surface area (Å²) in [7, 11) is 21.8. The Bertz CT molecular complexity index is 68.3. The second kappa shape index (κ2) is 1.72. The van der Waals surface area contributed by atoms with E-state index in [1.807, 2.05) is 0 Å². The summed E-state index contributed by atoms with van der Waals surface area (Å²) in [6, 6.07) is 0. The van der Waals surface area contributed by atoms with E-state index in [0.717, 1.165) is 0 Å². The number of hydrogen-bond donors (Lipinski definition) is 0. The average molecular weight is 219 g/mol. The third-order valence-electron chi connectivity index (χ3n) is 0. The molecule has 0 rings (SSSR count). The summed E-state index contributed by atoms with van der Waals surface area (Å²) in [4.78, 5) is 0. The van der Waals surface area contributed by atoms with Crippen LogP contribution in [0.2, 0.25) is 0 Å². The van der Waals surface area contributed by atoms with Gasteiger partial charge in [0.2, 0.25) is 0 Å². The molecule has 0 amide bonds. The first kappa shape index (κ1) is 9.87. The summed E-state index contributed by atoms with van der Waals surface area (Å²) in [5.74, 6) is 0. The summed E-state index contributed by atoms with van der Waals surface area (Å²) in [6.45, 7) is 0. The van der Waals surface area contributed by atoms with Gasteiger partial charge in [-0.15, -0.1) is 0 Å². The van der Waals surface area contributed by atoms with E-state index in [2.05, 4.69) is 0 Å². The van der Waals surface area contributed by atoms with E-state index in [9.17, 15) is 0 Å². The second-order valence-electron chi connectivity index (χ2n) is 1.47. The van der Waals surface area contributed by atoms with Crippen molar-refractivity contribution in [1.29, 1.82) is 0 Å². The average Bonchev–Trinajstić information content (AvgIpc) is 0.592. The van der Waals surface area contributed by atoms with E-state index in [1.165, 1.54) is 31.5 Å². The van der Waals surface area contributed by atoms with Gasteiger partial charge in [-0.1, -0.05) is 0 Å². The van der Waals surface area contributed by atoms with Crippen LogP contribution >= 0.6 is 40.4 Å². The molecular formula is Cl4CuLi2. The van der Waals surface area contributed by atoms with Crippen LogP contribution < -0.4 is 0 Å². The van der Waals surface area contributed by atoms with Crippen molar-refractivity contribution in [3.8, 4) is 0 Å². The van der Waals surface area contributed by atoms with Crippen molar-refractivity contribution in [2.75, 3.05) is 0 Å². The molecule has 0 aromatic heterocycles. The van der Waals surface area contributed by atoms with E-state index in [-0.39, 0.29) is 0 Å². The molecule has 41 valence electrons. The fourth-order valence-corrected chi connectivity index (χ4v) is 0. The van der Waals surface area contributed by atoms with Crippen molar-refractivity contribution < 1.29 is 2.71 Å². The van der Waals surface area contributed by atoms with Gasteiger partial charge in [0.1, 0.15) is 0 Å². The molecular weight excluding hydrogens is 219 g/mol. The van der Waals surface area contributed by atoms with Crippen LogP contribution in [0.3, 0.4) is 0 Å². The van der Waals surface area contributed by atoms with Crippen LogP contribution in [0, 0.1) is 0 Å². The van der Waals surface area contributed by atoms with E-state index < -0.39 is 2.71 Å². The zero-order chi connectivity index (χ0) is 6.41. The standard InChI is InChI=1S/4ClH.Cu.2Li/h4*1H;;;/q;;;;+4;;/p-4. The molecule has 0 fully saturated rings. The van der Waals surface area contributed by atoms with Gasteiger partial charge in [-0.2, -0.15) is 0 Å². The van der Waals surface area contributed by atoms with E-state index in [4.69, 9.17) is 40.4 Å². The molecule has 0 aliphatic carbocycles. The molecule has 0 aromatic rings. The molecule has 0 nitrogen and oxygen atoms in total. The summed E-state index contributed by atoms with van der Waals surface area (Å²) in [5, 5.41) is 0. The summed E-state index contributed by atoms with van der Waals surface area (Å²) < 4.78 is -3.55. The molecule has 7 heavy (non-hydrogen) atoms. The Labute approximate surface area is 73.4 Å². The molecule has 0 aliphatic rings. The van der Waals surface area contributed by atoms with Crippen LogP contribution in [0.15, 0.2) is 0 Å². The number of halogens is 4. The van der Waals surface area contributed by atoms with Gasteiger partial charge in [-0.25, -0.2) is 0 Å². The van der Waals surface area contributed by atoms with Crippen molar-refractivity contribution >= 4 is 71.9 Å². The second-order valence-corrected chi connectivity index (χ2v) is 22.1. The van der Waals surface area contributed by atoms with Gasteiger partial charge in [0, 0.05) is 0 Å². The van der Waals surface area contributed by atoms with Crippen LogP contribution in [0.5, 0.6) is 0 Å². The molecule has 0 radical (unpaired) electrons. The molecule has 0 aromatic carbocycles. The van der Waals surface area contributed by atoms with Gasteiger partial charge in [0.25, 0.3) is 0 Å². The van der Waals surface area contributed by atoms with Crippen molar-refractivity contribution in [3.05, 3.63) is 0 Å². The quantitative estimate of drug-likeness (QED) is 0.547. The minimum atomic E-state index is -3.55. The van der Waals surface area contributed by atoms with Crippen LogP contribution in [0.25, 0.3) is 0 Å². The van der Waals surface area contributed by atoms with Crippen LogP contribution in [0.1, 0.15) is 0 Å². The van der Waals surface area contributed by atoms with Crippen molar-refractivity contribution in [2.24, 2.45) is 0 Å². The van der Waals surface area contributed by atoms with Gasteiger partial charge >= 0.3 is 74.7 Å².